The number of ether oxygens (including phenoxy) is 1. The molecule has 0 aromatic heterocycles. The fraction of sp³-hybridized carbons (Fsp3) is 0.731. The van der Waals surface area contributed by atoms with Crippen molar-refractivity contribution in [2.24, 2.45) is 34.5 Å². The first-order chi connectivity index (χ1) is 15.8. The molecule has 0 heterocycles. The summed E-state index contributed by atoms with van der Waals surface area (Å²) >= 11 is 7.34. The van der Waals surface area contributed by atoms with Crippen LogP contribution < -0.4 is 0 Å². The van der Waals surface area contributed by atoms with Gasteiger partial charge in [0.2, 0.25) is 5.78 Å². The zero-order valence-corrected chi connectivity index (χ0v) is 20.8. The van der Waals surface area contributed by atoms with Gasteiger partial charge in [0.1, 0.15) is 12.3 Å². The minimum Gasteiger partial charge on any atom is -0.481 e. The van der Waals surface area contributed by atoms with Crippen LogP contribution in [0.5, 0.6) is 0 Å². The number of halogens is 2. The number of ketones is 1. The Morgan fingerprint density at radius 2 is 1.91 bits per heavy atom. The number of aliphatic hydroxyl groups excluding tert-OH is 1. The van der Waals surface area contributed by atoms with Crippen molar-refractivity contribution in [1.29, 1.82) is 0 Å². The molecule has 4 aliphatic carbocycles. The summed E-state index contributed by atoms with van der Waals surface area (Å²) in [5.74, 6) is -3.75. The van der Waals surface area contributed by atoms with Gasteiger partial charge in [-0.1, -0.05) is 33.8 Å². The first-order valence-electron chi connectivity index (χ1n) is 12.2. The molecule has 0 aliphatic heterocycles. The smallest absolute Gasteiger partial charge is 0.375 e. The third-order valence-corrected chi connectivity index (χ3v) is 10.2. The number of aliphatic carboxylic acids is 1. The molecule has 2 N–H and O–H groups in total. The van der Waals surface area contributed by atoms with Gasteiger partial charge in [-0.2, -0.15) is 0 Å². The van der Waals surface area contributed by atoms with E-state index in [4.69, 9.17) is 16.3 Å². The summed E-state index contributed by atoms with van der Waals surface area (Å²) in [5, 5.41) is 21.4. The van der Waals surface area contributed by atoms with Crippen LogP contribution in [0.4, 0.5) is 4.39 Å². The number of aliphatic hydroxyl groups is 1. The van der Waals surface area contributed by atoms with E-state index in [1.807, 2.05) is 13.8 Å². The number of esters is 1. The van der Waals surface area contributed by atoms with Gasteiger partial charge >= 0.3 is 11.9 Å². The first kappa shape index (κ1) is 25.4. The molecule has 0 radical (unpaired) electrons. The molecular formula is C26H34ClFO6. The molecule has 0 aromatic carbocycles. The second-order valence-corrected chi connectivity index (χ2v) is 11.8. The Kier molecular flexibility index (Phi) is 6.30. The SMILES string of the molecule is CCCC(=O)C(=O)OC1C=C[C@@]2(C)C(=C1)[C@@H](F)C[C@H]1[C@@H]3C[C@H](C)[C@@H](C(=O)O)[C@@]3(C)C[C@H](O)[C@@]12Cl. The minimum absolute atomic E-state index is 0.0601. The number of carbonyl (C=O) groups excluding carboxylic acids is 2. The topological polar surface area (TPSA) is 101 Å². The summed E-state index contributed by atoms with van der Waals surface area (Å²) in [6, 6.07) is 0. The molecule has 0 spiro atoms. The molecular weight excluding hydrogens is 463 g/mol. The molecule has 0 saturated heterocycles. The van der Waals surface area contributed by atoms with Crippen molar-refractivity contribution in [3.05, 3.63) is 23.8 Å². The lowest BCUT2D eigenvalue weighted by molar-refractivity contribution is -0.156. The second kappa shape index (κ2) is 8.44. The molecule has 8 heteroatoms. The lowest BCUT2D eigenvalue weighted by Gasteiger charge is -2.63. The highest BCUT2D eigenvalue weighted by Crippen LogP contribution is 2.70. The Bertz CT molecular complexity index is 963. The minimum atomic E-state index is -1.40. The van der Waals surface area contributed by atoms with Crippen LogP contribution in [0.2, 0.25) is 0 Å². The summed E-state index contributed by atoms with van der Waals surface area (Å²) in [6.07, 6.45) is 2.98. The van der Waals surface area contributed by atoms with Gasteiger partial charge in [0.15, 0.2) is 0 Å². The van der Waals surface area contributed by atoms with Crippen molar-refractivity contribution in [2.75, 3.05) is 0 Å². The quantitative estimate of drug-likeness (QED) is 0.255. The number of rotatable bonds is 5. The van der Waals surface area contributed by atoms with E-state index in [1.165, 1.54) is 6.08 Å². The van der Waals surface area contributed by atoms with E-state index >= 15 is 4.39 Å². The van der Waals surface area contributed by atoms with Crippen molar-refractivity contribution < 1.29 is 33.7 Å². The summed E-state index contributed by atoms with van der Waals surface area (Å²) in [5.41, 5.74) is -1.40. The Morgan fingerprint density at radius 1 is 1.24 bits per heavy atom. The van der Waals surface area contributed by atoms with Crippen LogP contribution in [0.3, 0.4) is 0 Å². The van der Waals surface area contributed by atoms with Crippen molar-refractivity contribution >= 4 is 29.3 Å². The van der Waals surface area contributed by atoms with Crippen molar-refractivity contribution in [3.63, 3.8) is 0 Å². The third kappa shape index (κ3) is 3.41. The fourth-order valence-corrected chi connectivity index (χ4v) is 8.29. The van der Waals surface area contributed by atoms with E-state index in [1.54, 1.807) is 26.0 Å². The summed E-state index contributed by atoms with van der Waals surface area (Å²) < 4.78 is 21.1. The molecule has 3 saturated carbocycles. The third-order valence-electron chi connectivity index (χ3n) is 9.27. The summed E-state index contributed by atoms with van der Waals surface area (Å²) in [6.45, 7) is 7.39. The van der Waals surface area contributed by atoms with Gasteiger partial charge in [0.05, 0.1) is 16.9 Å². The number of alkyl halides is 2. The molecule has 6 nitrogen and oxygen atoms in total. The highest BCUT2D eigenvalue weighted by molar-refractivity contribution is 6.33. The standard InChI is InChI=1S/C26H34ClFO6/c1-5-6-19(29)23(33)34-14-7-8-25(4)17(10-14)18(28)11-16-15-9-13(2)21(22(31)32)24(15,3)12-20(30)26(16,25)27/h7-8,10,13-16,18,20-21,30H,5-6,9,11-12H2,1-4H3,(H,31,32)/t13-,14?,15-,16-,18-,20-,21-,24-,25-,26-/m0/s1. The van der Waals surface area contributed by atoms with Gasteiger partial charge in [0, 0.05) is 11.8 Å². The number of carboxylic acid groups (broad SMARTS) is 1. The maximum atomic E-state index is 15.8. The zero-order valence-electron chi connectivity index (χ0n) is 20.1. The second-order valence-electron chi connectivity index (χ2n) is 11.2. The maximum absolute atomic E-state index is 15.8. The molecule has 1 unspecified atom stereocenters. The van der Waals surface area contributed by atoms with Crippen LogP contribution in [0, 0.1) is 34.5 Å². The normalized spacial score (nSPS) is 47.1. The largest absolute Gasteiger partial charge is 0.481 e. The van der Waals surface area contributed by atoms with E-state index in [2.05, 4.69) is 0 Å². The number of carbonyl (C=O) groups is 3. The Hall–Kier alpha value is -1.73. The number of Topliss-reactive ketones (excluding diaryl/α,β-unsaturated/α-hetero) is 1. The highest BCUT2D eigenvalue weighted by atomic mass is 35.5. The molecule has 34 heavy (non-hydrogen) atoms. The van der Waals surface area contributed by atoms with Crippen LogP contribution >= 0.6 is 11.6 Å². The number of hydrogen-bond donors (Lipinski definition) is 2. The fourth-order valence-electron chi connectivity index (χ4n) is 7.80. The molecule has 0 aromatic rings. The molecule has 3 fully saturated rings. The van der Waals surface area contributed by atoms with Gasteiger partial charge in [-0.05, 0) is 66.6 Å². The van der Waals surface area contributed by atoms with Crippen LogP contribution in [0.1, 0.15) is 59.8 Å². The van der Waals surface area contributed by atoms with Crippen molar-refractivity contribution in [2.45, 2.75) is 83.1 Å². The number of fused-ring (bicyclic) bond motifs is 5. The van der Waals surface area contributed by atoms with Crippen LogP contribution in [0.15, 0.2) is 23.8 Å². The first-order valence-corrected chi connectivity index (χ1v) is 12.6. The van der Waals surface area contributed by atoms with Crippen molar-refractivity contribution in [1.82, 2.24) is 0 Å². The molecule has 188 valence electrons. The van der Waals surface area contributed by atoms with Gasteiger partial charge in [-0.25, -0.2) is 9.18 Å². The van der Waals surface area contributed by atoms with E-state index in [9.17, 15) is 24.6 Å². The van der Waals surface area contributed by atoms with Crippen molar-refractivity contribution in [3.8, 4) is 0 Å². The summed E-state index contributed by atoms with van der Waals surface area (Å²) in [7, 11) is 0. The number of hydrogen-bond acceptors (Lipinski definition) is 5. The average molecular weight is 497 g/mol. The average Bonchev–Trinajstić information content (AvgIpc) is 3.01. The molecule has 10 atom stereocenters. The monoisotopic (exact) mass is 496 g/mol. The van der Waals surface area contributed by atoms with E-state index < -0.39 is 63.6 Å². The van der Waals surface area contributed by atoms with E-state index in [-0.39, 0.29) is 31.1 Å². The lowest BCUT2D eigenvalue weighted by Crippen LogP contribution is -2.67. The Labute approximate surface area is 204 Å². The molecule has 4 rings (SSSR count). The molecule has 0 amide bonds. The van der Waals surface area contributed by atoms with E-state index in [0.717, 1.165) is 0 Å². The van der Waals surface area contributed by atoms with Crippen LogP contribution in [-0.4, -0.2) is 51.2 Å². The van der Waals surface area contributed by atoms with Crippen LogP contribution in [0.25, 0.3) is 0 Å². The zero-order chi connectivity index (χ0) is 25.2. The predicted molar refractivity (Wildman–Crippen MR) is 124 cm³/mol. The number of carboxylic acids is 1. The maximum Gasteiger partial charge on any atom is 0.375 e. The Morgan fingerprint density at radius 3 is 2.53 bits per heavy atom. The highest BCUT2D eigenvalue weighted by Gasteiger charge is 2.72. The van der Waals surface area contributed by atoms with Gasteiger partial charge in [-0.15, -0.1) is 11.6 Å². The van der Waals surface area contributed by atoms with Crippen LogP contribution in [-0.2, 0) is 19.1 Å². The molecule has 0 bridgehead atoms. The molecule has 4 aliphatic rings. The summed E-state index contributed by atoms with van der Waals surface area (Å²) in [4.78, 5) is 34.8. The van der Waals surface area contributed by atoms with Gasteiger partial charge in [0.25, 0.3) is 0 Å². The number of allylic oxidation sites excluding steroid dienone is 2. The predicted octanol–water partition coefficient (Wildman–Crippen LogP) is 4.23. The van der Waals surface area contributed by atoms with E-state index in [0.29, 0.717) is 18.4 Å². The lowest BCUT2D eigenvalue weighted by atomic mass is 9.46. The van der Waals surface area contributed by atoms with Gasteiger partial charge in [-0.3, -0.25) is 9.59 Å². The Balaban J connectivity index is 1.68. The van der Waals surface area contributed by atoms with Gasteiger partial charge < -0.3 is 14.9 Å².